The summed E-state index contributed by atoms with van der Waals surface area (Å²) in [6, 6.07) is 10.9. The van der Waals surface area contributed by atoms with Gasteiger partial charge in [0.15, 0.2) is 0 Å². The Kier molecular flexibility index (Phi) is 3.92. The third-order valence-electron chi connectivity index (χ3n) is 3.16. The molecule has 4 nitrogen and oxygen atoms in total. The number of hydrogen-bond donors (Lipinski definition) is 0. The lowest BCUT2D eigenvalue weighted by Gasteiger charge is -2.29. The molecule has 3 heterocycles. The molecule has 3 rings (SSSR count). The molecule has 21 heavy (non-hydrogen) atoms. The van der Waals surface area contributed by atoms with Gasteiger partial charge in [-0.15, -0.1) is 0 Å². The minimum absolute atomic E-state index is 0.410. The van der Waals surface area contributed by atoms with E-state index in [1.54, 1.807) is 12.4 Å². The van der Waals surface area contributed by atoms with E-state index in [0.717, 1.165) is 22.0 Å². The number of anilines is 1. The Morgan fingerprint density at radius 3 is 2.48 bits per heavy atom. The number of allylic oxidation sites excluding steroid dienone is 2. The predicted molar refractivity (Wildman–Crippen MR) is 85.8 cm³/mol. The number of halogens is 1. The molecule has 0 saturated carbocycles. The number of carbonyl (C=O) groups is 1. The second-order valence-electron chi connectivity index (χ2n) is 4.50. The van der Waals surface area contributed by atoms with E-state index in [1.165, 1.54) is 0 Å². The smallest absolute Gasteiger partial charge is 0.147 e. The fourth-order valence-electron chi connectivity index (χ4n) is 2.15. The Hall–Kier alpha value is -2.27. The van der Waals surface area contributed by atoms with Gasteiger partial charge in [-0.2, -0.15) is 0 Å². The second kappa shape index (κ2) is 6.01. The molecule has 0 aliphatic carbocycles. The quantitative estimate of drug-likeness (QED) is 0.804. The molecule has 0 N–H and O–H groups in total. The molecule has 0 aromatic carbocycles. The molecule has 1 aliphatic heterocycles. The first-order valence-corrected chi connectivity index (χ1v) is 7.24. The van der Waals surface area contributed by atoms with E-state index in [0.29, 0.717) is 5.82 Å². The maximum atomic E-state index is 11.4. The van der Waals surface area contributed by atoms with Crippen molar-refractivity contribution in [2.24, 2.45) is 0 Å². The van der Waals surface area contributed by atoms with Gasteiger partial charge in [-0.3, -0.25) is 4.98 Å². The number of pyridine rings is 2. The summed E-state index contributed by atoms with van der Waals surface area (Å²) in [4.78, 5) is 21.9. The van der Waals surface area contributed by atoms with Crippen molar-refractivity contribution in [1.29, 1.82) is 0 Å². The highest BCUT2D eigenvalue weighted by Crippen LogP contribution is 2.31. The van der Waals surface area contributed by atoms with Gasteiger partial charge < -0.3 is 9.69 Å². The average molecular weight is 342 g/mol. The average Bonchev–Trinajstić information content (AvgIpc) is 2.55. The summed E-state index contributed by atoms with van der Waals surface area (Å²) in [7, 11) is 0. The summed E-state index contributed by atoms with van der Waals surface area (Å²) in [6.07, 6.45) is 8.16. The Bertz CT molecular complexity index is 698. The van der Waals surface area contributed by atoms with Crippen LogP contribution in [0.4, 0.5) is 5.82 Å². The molecule has 0 radical (unpaired) electrons. The van der Waals surface area contributed by atoms with E-state index in [4.69, 9.17) is 0 Å². The largest absolute Gasteiger partial charge is 0.317 e. The van der Waals surface area contributed by atoms with E-state index < -0.39 is 6.04 Å². The number of aldehydes is 1. The SMILES string of the molecule is O=CC1C(Br)=CC(c2ccccn2)=CN1c1ccccn1. The third kappa shape index (κ3) is 2.78. The maximum Gasteiger partial charge on any atom is 0.147 e. The van der Waals surface area contributed by atoms with Crippen LogP contribution in [-0.2, 0) is 4.79 Å². The Morgan fingerprint density at radius 1 is 1.10 bits per heavy atom. The van der Waals surface area contributed by atoms with Crippen molar-refractivity contribution in [1.82, 2.24) is 9.97 Å². The first-order valence-electron chi connectivity index (χ1n) is 6.44. The van der Waals surface area contributed by atoms with Gasteiger partial charge in [0.1, 0.15) is 18.1 Å². The van der Waals surface area contributed by atoms with Gasteiger partial charge in [-0.25, -0.2) is 4.98 Å². The van der Waals surface area contributed by atoms with Crippen LogP contribution < -0.4 is 4.90 Å². The van der Waals surface area contributed by atoms with Crippen LogP contribution in [-0.4, -0.2) is 22.3 Å². The molecule has 0 bridgehead atoms. The topological polar surface area (TPSA) is 46.1 Å². The molecule has 1 atom stereocenters. The summed E-state index contributed by atoms with van der Waals surface area (Å²) >= 11 is 3.48. The van der Waals surface area contributed by atoms with Gasteiger partial charge in [0, 0.05) is 28.6 Å². The zero-order chi connectivity index (χ0) is 14.7. The number of carbonyl (C=O) groups excluding carboxylic acids is 1. The third-order valence-corrected chi connectivity index (χ3v) is 3.86. The van der Waals surface area contributed by atoms with E-state index >= 15 is 0 Å². The standard InChI is InChI=1S/C16H12BrN3O/c17-13-9-12(14-5-1-3-7-18-14)10-20(15(13)11-21)16-6-2-4-8-19-16/h1-11,15H. The molecule has 5 heteroatoms. The van der Waals surface area contributed by atoms with Gasteiger partial charge in [0.2, 0.25) is 0 Å². The first-order chi connectivity index (χ1) is 10.3. The van der Waals surface area contributed by atoms with Crippen molar-refractivity contribution in [3.8, 4) is 0 Å². The Morgan fingerprint density at radius 2 is 1.86 bits per heavy atom. The number of aromatic nitrogens is 2. The van der Waals surface area contributed by atoms with E-state index in [2.05, 4.69) is 25.9 Å². The lowest BCUT2D eigenvalue weighted by molar-refractivity contribution is -0.108. The molecule has 1 unspecified atom stereocenters. The fraction of sp³-hybridized carbons (Fsp3) is 0.0625. The van der Waals surface area contributed by atoms with Crippen molar-refractivity contribution < 1.29 is 4.79 Å². The summed E-state index contributed by atoms with van der Waals surface area (Å²) in [6.45, 7) is 0. The van der Waals surface area contributed by atoms with Crippen molar-refractivity contribution >= 4 is 33.6 Å². The van der Waals surface area contributed by atoms with Crippen LogP contribution in [0.1, 0.15) is 5.69 Å². The molecule has 0 spiro atoms. The van der Waals surface area contributed by atoms with Gasteiger partial charge in [0.05, 0.1) is 5.69 Å². The summed E-state index contributed by atoms with van der Waals surface area (Å²) in [5.41, 5.74) is 1.77. The van der Waals surface area contributed by atoms with Crippen LogP contribution in [0, 0.1) is 0 Å². The number of rotatable bonds is 3. The van der Waals surface area contributed by atoms with E-state index in [1.807, 2.05) is 53.6 Å². The van der Waals surface area contributed by atoms with E-state index in [9.17, 15) is 4.79 Å². The van der Waals surface area contributed by atoms with Crippen LogP contribution in [0.5, 0.6) is 0 Å². The Balaban J connectivity index is 2.06. The van der Waals surface area contributed by atoms with Gasteiger partial charge in [0.25, 0.3) is 0 Å². The number of hydrogen-bond acceptors (Lipinski definition) is 4. The van der Waals surface area contributed by atoms with Gasteiger partial charge in [-0.1, -0.05) is 28.1 Å². The van der Waals surface area contributed by atoms with Crippen LogP contribution in [0.15, 0.2) is 65.6 Å². The van der Waals surface area contributed by atoms with E-state index in [-0.39, 0.29) is 0 Å². The van der Waals surface area contributed by atoms with Crippen molar-refractivity contribution in [3.63, 3.8) is 0 Å². The Labute approximate surface area is 131 Å². The van der Waals surface area contributed by atoms with Crippen molar-refractivity contribution in [2.75, 3.05) is 4.90 Å². The molecular weight excluding hydrogens is 330 g/mol. The maximum absolute atomic E-state index is 11.4. The zero-order valence-electron chi connectivity index (χ0n) is 11.1. The summed E-state index contributed by atoms with van der Waals surface area (Å²) < 4.78 is 0.784. The summed E-state index contributed by atoms with van der Waals surface area (Å²) in [5, 5.41) is 0. The molecule has 1 aliphatic rings. The second-order valence-corrected chi connectivity index (χ2v) is 5.42. The first kappa shape index (κ1) is 13.7. The molecule has 2 aromatic rings. The van der Waals surface area contributed by atoms with Gasteiger partial charge in [-0.05, 0) is 30.3 Å². The highest BCUT2D eigenvalue weighted by molar-refractivity contribution is 9.11. The molecule has 104 valence electrons. The highest BCUT2D eigenvalue weighted by atomic mass is 79.9. The zero-order valence-corrected chi connectivity index (χ0v) is 12.6. The van der Waals surface area contributed by atoms with Crippen molar-refractivity contribution in [3.05, 3.63) is 71.2 Å². The molecule has 2 aromatic heterocycles. The van der Waals surface area contributed by atoms with Crippen LogP contribution in [0.2, 0.25) is 0 Å². The predicted octanol–water partition coefficient (Wildman–Crippen LogP) is 3.18. The van der Waals surface area contributed by atoms with Crippen LogP contribution in [0.3, 0.4) is 0 Å². The lowest BCUT2D eigenvalue weighted by atomic mass is 10.1. The van der Waals surface area contributed by atoms with Crippen LogP contribution >= 0.6 is 15.9 Å². The minimum Gasteiger partial charge on any atom is -0.317 e. The molecule has 0 saturated heterocycles. The van der Waals surface area contributed by atoms with Crippen LogP contribution in [0.25, 0.3) is 5.57 Å². The normalized spacial score (nSPS) is 18.0. The minimum atomic E-state index is -0.410. The highest BCUT2D eigenvalue weighted by Gasteiger charge is 2.25. The lowest BCUT2D eigenvalue weighted by Crippen LogP contribution is -2.35. The molecular formula is C16H12BrN3O. The number of nitrogens with zero attached hydrogens (tertiary/aromatic N) is 3. The van der Waals surface area contributed by atoms with Crippen molar-refractivity contribution in [2.45, 2.75) is 6.04 Å². The summed E-state index contributed by atoms with van der Waals surface area (Å²) in [5.74, 6) is 0.716. The fourth-order valence-corrected chi connectivity index (χ4v) is 2.73. The molecule has 0 fully saturated rings. The monoisotopic (exact) mass is 341 g/mol. The van der Waals surface area contributed by atoms with Gasteiger partial charge >= 0.3 is 0 Å². The molecule has 0 amide bonds.